The van der Waals surface area contributed by atoms with Gasteiger partial charge in [0.1, 0.15) is 5.75 Å². The molecule has 31 heavy (non-hydrogen) atoms. The van der Waals surface area contributed by atoms with Crippen LogP contribution in [0, 0.1) is 0 Å². The highest BCUT2D eigenvalue weighted by molar-refractivity contribution is 7.89. The highest BCUT2D eigenvalue weighted by atomic mass is 32.2. The highest BCUT2D eigenvalue weighted by Gasteiger charge is 2.17. The molecule has 0 aliphatic heterocycles. The number of nitrogens with one attached hydrogen (secondary N) is 1. The Labute approximate surface area is 183 Å². The van der Waals surface area contributed by atoms with E-state index in [0.29, 0.717) is 17.2 Å². The second-order valence-corrected chi connectivity index (χ2v) is 8.56. The lowest BCUT2D eigenvalue weighted by molar-refractivity contribution is -0.122. The third-order valence-electron chi connectivity index (χ3n) is 5.01. The maximum Gasteiger partial charge on any atom is 0.238 e. The average Bonchev–Trinajstić information content (AvgIpc) is 2.75. The fourth-order valence-corrected chi connectivity index (χ4v) is 3.55. The van der Waals surface area contributed by atoms with Gasteiger partial charge in [-0.15, -0.1) is 0 Å². The van der Waals surface area contributed by atoms with Crippen molar-refractivity contribution >= 4 is 15.9 Å². The second kappa shape index (κ2) is 10.5. The molecule has 0 aliphatic rings. The molecule has 0 spiro atoms. The number of carbonyl (C=O) groups excluding carboxylic acids is 1. The van der Waals surface area contributed by atoms with Crippen LogP contribution in [0.3, 0.4) is 0 Å². The van der Waals surface area contributed by atoms with E-state index in [0.717, 1.165) is 11.1 Å². The molecule has 0 bridgehead atoms. The van der Waals surface area contributed by atoms with Crippen LogP contribution in [-0.2, 0) is 21.4 Å². The van der Waals surface area contributed by atoms with E-state index in [1.54, 1.807) is 38.5 Å². The molecule has 9 nitrogen and oxygen atoms in total. The van der Waals surface area contributed by atoms with Crippen LogP contribution in [0.2, 0.25) is 0 Å². The molecule has 0 aromatic heterocycles. The van der Waals surface area contributed by atoms with Crippen molar-refractivity contribution in [2.75, 3.05) is 34.9 Å². The van der Waals surface area contributed by atoms with Crippen molar-refractivity contribution in [1.29, 1.82) is 0 Å². The van der Waals surface area contributed by atoms with Gasteiger partial charge in [-0.3, -0.25) is 9.69 Å². The van der Waals surface area contributed by atoms with E-state index < -0.39 is 10.0 Å². The molecule has 0 saturated carbocycles. The predicted molar refractivity (Wildman–Crippen MR) is 117 cm³/mol. The van der Waals surface area contributed by atoms with Gasteiger partial charge >= 0.3 is 0 Å². The summed E-state index contributed by atoms with van der Waals surface area (Å²) in [7, 11) is 2.70. The highest BCUT2D eigenvalue weighted by Crippen LogP contribution is 2.34. The average molecular weight is 452 g/mol. The van der Waals surface area contributed by atoms with Gasteiger partial charge in [-0.05, 0) is 37.7 Å². The first-order chi connectivity index (χ1) is 14.6. The molecule has 0 aliphatic carbocycles. The quantitative estimate of drug-likeness (QED) is 0.564. The summed E-state index contributed by atoms with van der Waals surface area (Å²) in [5, 5.41) is 8.01. The summed E-state index contributed by atoms with van der Waals surface area (Å²) in [5.41, 5.74) is 1.62. The largest absolute Gasteiger partial charge is 0.496 e. The van der Waals surface area contributed by atoms with Crippen molar-refractivity contribution in [3.63, 3.8) is 0 Å². The number of rotatable bonds is 10. The molecule has 2 aromatic rings. The maximum atomic E-state index is 12.5. The van der Waals surface area contributed by atoms with Gasteiger partial charge in [0, 0.05) is 24.2 Å². The molecule has 170 valence electrons. The zero-order valence-corrected chi connectivity index (χ0v) is 19.2. The number of primary sulfonamides is 1. The zero-order valence-electron chi connectivity index (χ0n) is 18.3. The molecule has 0 fully saturated rings. The second-order valence-electron chi connectivity index (χ2n) is 7.00. The minimum Gasteiger partial charge on any atom is -0.496 e. The smallest absolute Gasteiger partial charge is 0.238 e. The Morgan fingerprint density at radius 1 is 1.03 bits per heavy atom. The summed E-state index contributed by atoms with van der Waals surface area (Å²) in [5.74, 6) is 1.49. The van der Waals surface area contributed by atoms with Crippen LogP contribution >= 0.6 is 0 Å². The van der Waals surface area contributed by atoms with Gasteiger partial charge < -0.3 is 19.5 Å². The van der Waals surface area contributed by atoms with Crippen LogP contribution in [0.4, 0.5) is 0 Å². The van der Waals surface area contributed by atoms with Crippen molar-refractivity contribution < 1.29 is 27.4 Å². The van der Waals surface area contributed by atoms with Crippen LogP contribution < -0.4 is 24.7 Å². The van der Waals surface area contributed by atoms with Gasteiger partial charge in [0.15, 0.2) is 11.5 Å². The Hall–Kier alpha value is -2.82. The number of hydrogen-bond acceptors (Lipinski definition) is 7. The molecule has 1 unspecified atom stereocenters. The monoisotopic (exact) mass is 451 g/mol. The number of nitrogens with two attached hydrogens (primary N) is 1. The third kappa shape index (κ3) is 6.33. The van der Waals surface area contributed by atoms with Crippen LogP contribution in [0.1, 0.15) is 24.1 Å². The lowest BCUT2D eigenvalue weighted by atomic mass is 10.1. The van der Waals surface area contributed by atoms with Gasteiger partial charge in [0.05, 0.1) is 32.8 Å². The third-order valence-corrected chi connectivity index (χ3v) is 5.94. The van der Waals surface area contributed by atoms with Gasteiger partial charge in [-0.1, -0.05) is 12.1 Å². The normalized spacial score (nSPS) is 12.4. The topological polar surface area (TPSA) is 120 Å². The van der Waals surface area contributed by atoms with Gasteiger partial charge in [0.2, 0.25) is 15.9 Å². The Morgan fingerprint density at radius 2 is 1.58 bits per heavy atom. The van der Waals surface area contributed by atoms with E-state index in [4.69, 9.17) is 19.3 Å². The summed E-state index contributed by atoms with van der Waals surface area (Å²) >= 11 is 0. The number of likely N-dealkylation sites (N-methyl/N-ethyl adjacent to an activating group) is 1. The summed E-state index contributed by atoms with van der Waals surface area (Å²) in [4.78, 5) is 14.4. The van der Waals surface area contributed by atoms with Gasteiger partial charge in [0.25, 0.3) is 0 Å². The molecule has 10 heteroatoms. The summed E-state index contributed by atoms with van der Waals surface area (Å²) < 4.78 is 38.7. The van der Waals surface area contributed by atoms with Gasteiger partial charge in [-0.2, -0.15) is 0 Å². The number of amides is 1. The van der Waals surface area contributed by atoms with Crippen LogP contribution in [0.5, 0.6) is 17.2 Å². The maximum absolute atomic E-state index is 12.5. The van der Waals surface area contributed by atoms with Crippen molar-refractivity contribution in [2.24, 2.45) is 5.14 Å². The van der Waals surface area contributed by atoms with Crippen LogP contribution in [-0.4, -0.2) is 54.1 Å². The van der Waals surface area contributed by atoms with Crippen LogP contribution in [0.25, 0.3) is 0 Å². The lowest BCUT2D eigenvalue weighted by Gasteiger charge is -2.24. The molecule has 3 N–H and O–H groups in total. The molecule has 2 aromatic carbocycles. The number of benzene rings is 2. The van der Waals surface area contributed by atoms with Gasteiger partial charge in [-0.25, -0.2) is 13.6 Å². The molecular weight excluding hydrogens is 422 g/mol. The number of carbonyl (C=O) groups is 1. The first-order valence-electron chi connectivity index (χ1n) is 9.49. The molecular formula is C21H29N3O6S. The van der Waals surface area contributed by atoms with E-state index >= 15 is 0 Å². The molecule has 1 atom stereocenters. The summed E-state index contributed by atoms with van der Waals surface area (Å²) in [6, 6.07) is 9.64. The number of sulfonamides is 1. The Bertz CT molecular complexity index is 1010. The summed E-state index contributed by atoms with van der Waals surface area (Å²) in [6.07, 6.45) is 0. The Kier molecular flexibility index (Phi) is 8.26. The first-order valence-corrected chi connectivity index (χ1v) is 11.0. The lowest BCUT2D eigenvalue weighted by Crippen LogP contribution is -2.36. The minimum atomic E-state index is -3.74. The SMILES string of the molecule is COc1cc(OC)c(OC)cc1CNC(=O)CN(C)C(C)c1ccc(S(N)(=O)=O)cc1. The predicted octanol–water partition coefficient (Wildman–Crippen LogP) is 1.67. The van der Waals surface area contributed by atoms with E-state index in [-0.39, 0.29) is 29.9 Å². The van der Waals surface area contributed by atoms with Crippen molar-refractivity contribution in [3.8, 4) is 17.2 Å². The molecule has 1 amide bonds. The Morgan fingerprint density at radius 3 is 2.10 bits per heavy atom. The van der Waals surface area contributed by atoms with E-state index in [1.165, 1.54) is 19.2 Å². The summed E-state index contributed by atoms with van der Waals surface area (Å²) in [6.45, 7) is 2.33. The van der Waals surface area contributed by atoms with Crippen molar-refractivity contribution in [1.82, 2.24) is 10.2 Å². The minimum absolute atomic E-state index is 0.0488. The molecule has 0 saturated heterocycles. The first kappa shape index (κ1) is 24.4. The molecule has 0 radical (unpaired) electrons. The van der Waals surface area contributed by atoms with E-state index in [9.17, 15) is 13.2 Å². The Balaban J connectivity index is 2.01. The standard InChI is InChI=1S/C21H29N3O6S/c1-14(15-6-8-17(9-7-15)31(22,26)27)24(2)13-21(25)23-12-16-10-19(29-4)20(30-5)11-18(16)28-3/h6-11,14H,12-13H2,1-5H3,(H,23,25)(H2,22,26,27). The number of hydrogen-bond donors (Lipinski definition) is 2. The number of methoxy groups -OCH3 is 3. The van der Waals surface area contributed by atoms with Crippen molar-refractivity contribution in [3.05, 3.63) is 47.5 Å². The van der Waals surface area contributed by atoms with Crippen molar-refractivity contribution in [2.45, 2.75) is 24.4 Å². The fraction of sp³-hybridized carbons (Fsp3) is 0.381. The zero-order chi connectivity index (χ0) is 23.2. The molecule has 2 rings (SSSR count). The number of ether oxygens (including phenoxy) is 3. The molecule has 0 heterocycles. The van der Waals surface area contributed by atoms with E-state index in [2.05, 4.69) is 5.32 Å². The number of nitrogens with zero attached hydrogens (tertiary/aromatic N) is 1. The van der Waals surface area contributed by atoms with Crippen LogP contribution in [0.15, 0.2) is 41.3 Å². The van der Waals surface area contributed by atoms with E-state index in [1.807, 2.05) is 18.9 Å². The fourth-order valence-electron chi connectivity index (χ4n) is 3.03.